The molecule has 1 heterocycles. The van der Waals surface area contributed by atoms with Crippen LogP contribution in [-0.2, 0) is 16.4 Å². The van der Waals surface area contributed by atoms with Crippen LogP contribution in [0.4, 0.5) is 5.69 Å². The van der Waals surface area contributed by atoms with Crippen molar-refractivity contribution in [1.29, 1.82) is 0 Å². The third-order valence-electron chi connectivity index (χ3n) is 3.58. The molecular formula is C15H12ClNO4S. The van der Waals surface area contributed by atoms with E-state index in [1.165, 1.54) is 16.4 Å². The molecule has 0 saturated heterocycles. The normalized spacial score (nSPS) is 16.1. The molecule has 1 aliphatic heterocycles. The first-order valence-electron chi connectivity index (χ1n) is 6.54. The second kappa shape index (κ2) is 5.30. The molecule has 1 N–H and O–H groups in total. The van der Waals surface area contributed by atoms with Gasteiger partial charge in [-0.1, -0.05) is 17.7 Å². The van der Waals surface area contributed by atoms with Gasteiger partial charge in [0.15, 0.2) is 0 Å². The highest BCUT2D eigenvalue weighted by Crippen LogP contribution is 2.32. The average Bonchev–Trinajstić information content (AvgIpc) is 2.48. The third-order valence-corrected chi connectivity index (χ3v) is 5.74. The van der Waals surface area contributed by atoms with Gasteiger partial charge in [0.25, 0.3) is 10.0 Å². The summed E-state index contributed by atoms with van der Waals surface area (Å²) < 4.78 is 26.8. The Balaban J connectivity index is 2.10. The summed E-state index contributed by atoms with van der Waals surface area (Å²) in [5.74, 6) is -1.15. The van der Waals surface area contributed by atoms with Gasteiger partial charge in [0, 0.05) is 11.6 Å². The smallest absolute Gasteiger partial charge is 0.335 e. The highest BCUT2D eigenvalue weighted by molar-refractivity contribution is 7.93. The molecule has 7 heteroatoms. The number of carboxylic acids is 1. The molecule has 0 amide bonds. The number of nitrogens with zero attached hydrogens (tertiary/aromatic N) is 1. The molecule has 22 heavy (non-hydrogen) atoms. The molecule has 5 nitrogen and oxygen atoms in total. The van der Waals surface area contributed by atoms with Gasteiger partial charge >= 0.3 is 5.97 Å². The van der Waals surface area contributed by atoms with Gasteiger partial charge < -0.3 is 5.11 Å². The number of hydrogen-bond acceptors (Lipinski definition) is 3. The number of halogens is 1. The van der Waals surface area contributed by atoms with E-state index in [1.54, 1.807) is 30.3 Å². The summed E-state index contributed by atoms with van der Waals surface area (Å²) in [6.07, 6.45) is 0.525. The number of sulfonamides is 1. The first-order chi connectivity index (χ1) is 10.4. The summed E-state index contributed by atoms with van der Waals surface area (Å²) in [6.45, 7) is 0.309. The minimum Gasteiger partial charge on any atom is -0.478 e. The van der Waals surface area contributed by atoms with Gasteiger partial charge in [0.1, 0.15) is 0 Å². The number of benzene rings is 2. The van der Waals surface area contributed by atoms with Crippen molar-refractivity contribution in [2.45, 2.75) is 11.3 Å². The van der Waals surface area contributed by atoms with E-state index < -0.39 is 16.0 Å². The van der Waals surface area contributed by atoms with Crippen molar-refractivity contribution < 1.29 is 18.3 Å². The Bertz CT molecular complexity index is 846. The maximum absolute atomic E-state index is 12.8. The van der Waals surface area contributed by atoms with E-state index >= 15 is 0 Å². The molecule has 0 atom stereocenters. The first-order valence-corrected chi connectivity index (χ1v) is 8.36. The van der Waals surface area contributed by atoms with Crippen LogP contribution >= 0.6 is 11.6 Å². The third kappa shape index (κ3) is 2.44. The Hall–Kier alpha value is -2.05. The Kier molecular flexibility index (Phi) is 3.58. The summed E-state index contributed by atoms with van der Waals surface area (Å²) in [7, 11) is -3.78. The van der Waals surface area contributed by atoms with Crippen LogP contribution in [0.5, 0.6) is 0 Å². The predicted octanol–water partition coefficient (Wildman–Crippen LogP) is 2.79. The number of carboxylic acid groups (broad SMARTS) is 1. The van der Waals surface area contributed by atoms with Crippen LogP contribution in [0, 0.1) is 0 Å². The van der Waals surface area contributed by atoms with E-state index in [2.05, 4.69) is 0 Å². The summed E-state index contributed by atoms with van der Waals surface area (Å²) in [5, 5.41) is 9.57. The number of hydrogen-bond donors (Lipinski definition) is 1. The number of fused-ring (bicyclic) bond motifs is 1. The SMILES string of the molecule is O=C(O)c1ccc2c(c1)S(=O)(=O)N(c1ccc(Cl)cc1)CC2. The molecule has 2 aromatic rings. The van der Waals surface area contributed by atoms with Crippen molar-refractivity contribution in [2.24, 2.45) is 0 Å². The highest BCUT2D eigenvalue weighted by Gasteiger charge is 2.32. The minimum atomic E-state index is -3.78. The molecule has 0 aliphatic carbocycles. The fourth-order valence-corrected chi connectivity index (χ4v) is 4.34. The largest absolute Gasteiger partial charge is 0.478 e. The monoisotopic (exact) mass is 337 g/mol. The molecule has 1 aliphatic rings. The summed E-state index contributed by atoms with van der Waals surface area (Å²) in [4.78, 5) is 11.1. The van der Waals surface area contributed by atoms with Crippen LogP contribution in [0.15, 0.2) is 47.4 Å². The number of aromatic carboxylic acids is 1. The molecule has 2 aromatic carbocycles. The van der Waals surface area contributed by atoms with E-state index in [1.807, 2.05) is 0 Å². The average molecular weight is 338 g/mol. The fourth-order valence-electron chi connectivity index (χ4n) is 2.47. The molecule has 114 valence electrons. The molecule has 0 radical (unpaired) electrons. The number of carbonyl (C=O) groups is 1. The van der Waals surface area contributed by atoms with Crippen LogP contribution in [0.2, 0.25) is 5.02 Å². The topological polar surface area (TPSA) is 74.7 Å². The van der Waals surface area contributed by atoms with Gasteiger partial charge in [-0.25, -0.2) is 13.2 Å². The Morgan fingerprint density at radius 3 is 2.45 bits per heavy atom. The van der Waals surface area contributed by atoms with Crippen LogP contribution in [0.25, 0.3) is 0 Å². The van der Waals surface area contributed by atoms with Gasteiger partial charge in [-0.2, -0.15) is 0 Å². The summed E-state index contributed by atoms with van der Waals surface area (Å²) in [6, 6.07) is 10.7. The maximum Gasteiger partial charge on any atom is 0.335 e. The Morgan fingerprint density at radius 1 is 1.14 bits per heavy atom. The number of rotatable bonds is 2. The molecule has 0 aromatic heterocycles. The quantitative estimate of drug-likeness (QED) is 0.914. The zero-order valence-corrected chi connectivity index (χ0v) is 12.9. The lowest BCUT2D eigenvalue weighted by atomic mass is 10.1. The van der Waals surface area contributed by atoms with Gasteiger partial charge in [-0.3, -0.25) is 4.31 Å². The Labute approximate surface area is 132 Å². The number of anilines is 1. The molecule has 0 bridgehead atoms. The molecule has 0 unspecified atom stereocenters. The van der Waals surface area contributed by atoms with Gasteiger partial charge in [-0.05, 0) is 48.4 Å². The lowest BCUT2D eigenvalue weighted by Gasteiger charge is -2.30. The highest BCUT2D eigenvalue weighted by atomic mass is 35.5. The maximum atomic E-state index is 12.8. The van der Waals surface area contributed by atoms with Crippen molar-refractivity contribution >= 4 is 33.3 Å². The predicted molar refractivity (Wildman–Crippen MR) is 83.1 cm³/mol. The first kappa shape index (κ1) is 14.9. The van der Waals surface area contributed by atoms with E-state index in [4.69, 9.17) is 16.7 Å². The van der Waals surface area contributed by atoms with Crippen molar-refractivity contribution in [1.82, 2.24) is 0 Å². The zero-order valence-electron chi connectivity index (χ0n) is 11.4. The fraction of sp³-hybridized carbons (Fsp3) is 0.133. The van der Waals surface area contributed by atoms with E-state index in [0.29, 0.717) is 29.2 Å². The van der Waals surface area contributed by atoms with Crippen LogP contribution in [-0.4, -0.2) is 26.0 Å². The molecular weight excluding hydrogens is 326 g/mol. The van der Waals surface area contributed by atoms with E-state index in [0.717, 1.165) is 0 Å². The van der Waals surface area contributed by atoms with Crippen LogP contribution in [0.1, 0.15) is 15.9 Å². The van der Waals surface area contributed by atoms with Crippen molar-refractivity contribution in [2.75, 3.05) is 10.8 Å². The standard InChI is InChI=1S/C15H12ClNO4S/c16-12-3-5-13(6-4-12)17-8-7-10-1-2-11(15(18)19)9-14(10)22(17,20)21/h1-6,9H,7-8H2,(H,18,19). The minimum absolute atomic E-state index is 0.0414. The second-order valence-corrected chi connectivity index (χ2v) is 7.20. The molecule has 0 spiro atoms. The van der Waals surface area contributed by atoms with Crippen molar-refractivity contribution in [3.63, 3.8) is 0 Å². The lowest BCUT2D eigenvalue weighted by Crippen LogP contribution is -2.37. The van der Waals surface area contributed by atoms with Crippen LogP contribution in [0.3, 0.4) is 0 Å². The molecule has 3 rings (SSSR count). The summed E-state index contributed by atoms with van der Waals surface area (Å²) in [5.41, 5.74) is 1.10. The van der Waals surface area contributed by atoms with Crippen molar-refractivity contribution in [3.05, 3.63) is 58.6 Å². The zero-order chi connectivity index (χ0) is 15.9. The van der Waals surface area contributed by atoms with Gasteiger partial charge in [0.05, 0.1) is 16.1 Å². The molecule has 0 fully saturated rings. The van der Waals surface area contributed by atoms with Gasteiger partial charge in [0.2, 0.25) is 0 Å². The van der Waals surface area contributed by atoms with Crippen LogP contribution < -0.4 is 4.31 Å². The second-order valence-electron chi connectivity index (χ2n) is 4.93. The Morgan fingerprint density at radius 2 is 1.82 bits per heavy atom. The van der Waals surface area contributed by atoms with Crippen molar-refractivity contribution in [3.8, 4) is 0 Å². The lowest BCUT2D eigenvalue weighted by molar-refractivity contribution is 0.0696. The van der Waals surface area contributed by atoms with E-state index in [-0.39, 0.29) is 10.5 Å². The molecule has 0 saturated carbocycles. The summed E-state index contributed by atoms with van der Waals surface area (Å²) >= 11 is 5.83. The van der Waals surface area contributed by atoms with Gasteiger partial charge in [-0.15, -0.1) is 0 Å². The van der Waals surface area contributed by atoms with E-state index in [9.17, 15) is 13.2 Å².